The van der Waals surface area contributed by atoms with Gasteiger partial charge < -0.3 is 10.0 Å². The predicted molar refractivity (Wildman–Crippen MR) is 55.7 cm³/mol. The Morgan fingerprint density at radius 1 is 1.38 bits per heavy atom. The Balaban J connectivity index is 2.27. The summed E-state index contributed by atoms with van der Waals surface area (Å²) in [4.78, 5) is 2.32. The molecule has 2 atom stereocenters. The van der Waals surface area contributed by atoms with Gasteiger partial charge in [0.25, 0.3) is 0 Å². The standard InChI is InChI=1S/C11H23NO/c1-9(2)8-10-4-5-11(10)12(3)6-7-13/h9-11,13H,4-8H2,1-3H3. The molecule has 1 aliphatic rings. The molecule has 1 N–H and O–H groups in total. The van der Waals surface area contributed by atoms with Crippen LogP contribution in [0.1, 0.15) is 33.1 Å². The molecule has 0 saturated heterocycles. The highest BCUT2D eigenvalue weighted by atomic mass is 16.3. The monoisotopic (exact) mass is 185 g/mol. The number of nitrogens with zero attached hydrogens (tertiary/aromatic N) is 1. The lowest BCUT2D eigenvalue weighted by Crippen LogP contribution is -2.46. The quantitative estimate of drug-likeness (QED) is 0.705. The van der Waals surface area contributed by atoms with Gasteiger partial charge in [0.05, 0.1) is 6.61 Å². The first-order valence-corrected chi connectivity index (χ1v) is 5.46. The summed E-state index contributed by atoms with van der Waals surface area (Å²) >= 11 is 0. The van der Waals surface area contributed by atoms with Gasteiger partial charge in [0, 0.05) is 12.6 Å². The third-order valence-corrected chi connectivity index (χ3v) is 3.17. The Labute approximate surface area is 81.9 Å². The number of hydrogen-bond acceptors (Lipinski definition) is 2. The Kier molecular flexibility index (Phi) is 4.20. The van der Waals surface area contributed by atoms with Crippen LogP contribution >= 0.6 is 0 Å². The third-order valence-electron chi connectivity index (χ3n) is 3.17. The molecule has 0 spiro atoms. The van der Waals surface area contributed by atoms with Crippen molar-refractivity contribution in [2.24, 2.45) is 11.8 Å². The van der Waals surface area contributed by atoms with Crippen molar-refractivity contribution in [2.75, 3.05) is 20.2 Å². The van der Waals surface area contributed by atoms with Crippen LogP contribution in [0.5, 0.6) is 0 Å². The van der Waals surface area contributed by atoms with Gasteiger partial charge in [-0.3, -0.25) is 0 Å². The normalized spacial score (nSPS) is 28.2. The van der Waals surface area contributed by atoms with Gasteiger partial charge in [-0.05, 0) is 38.1 Å². The Hall–Kier alpha value is -0.0800. The molecule has 2 heteroatoms. The highest BCUT2D eigenvalue weighted by Gasteiger charge is 2.33. The van der Waals surface area contributed by atoms with Crippen molar-refractivity contribution in [1.29, 1.82) is 0 Å². The van der Waals surface area contributed by atoms with Crippen LogP contribution < -0.4 is 0 Å². The van der Waals surface area contributed by atoms with Crippen LogP contribution in [0.3, 0.4) is 0 Å². The van der Waals surface area contributed by atoms with Crippen molar-refractivity contribution >= 4 is 0 Å². The Morgan fingerprint density at radius 3 is 2.46 bits per heavy atom. The fraction of sp³-hybridized carbons (Fsp3) is 1.00. The maximum Gasteiger partial charge on any atom is 0.0558 e. The number of aliphatic hydroxyl groups is 1. The van der Waals surface area contributed by atoms with E-state index < -0.39 is 0 Å². The Bertz CT molecular complexity index is 147. The van der Waals surface area contributed by atoms with Crippen LogP contribution in [0.15, 0.2) is 0 Å². The van der Waals surface area contributed by atoms with E-state index in [9.17, 15) is 0 Å². The van der Waals surface area contributed by atoms with Crippen molar-refractivity contribution in [3.05, 3.63) is 0 Å². The SMILES string of the molecule is CC(C)CC1CCC1N(C)CCO. The van der Waals surface area contributed by atoms with Crippen molar-refractivity contribution in [3.63, 3.8) is 0 Å². The van der Waals surface area contributed by atoms with E-state index in [1.807, 2.05) is 0 Å². The van der Waals surface area contributed by atoms with Crippen LogP contribution in [0.25, 0.3) is 0 Å². The van der Waals surface area contributed by atoms with Crippen molar-refractivity contribution in [2.45, 2.75) is 39.2 Å². The van der Waals surface area contributed by atoms with E-state index in [-0.39, 0.29) is 0 Å². The minimum absolute atomic E-state index is 0.293. The van der Waals surface area contributed by atoms with Gasteiger partial charge >= 0.3 is 0 Å². The van der Waals surface area contributed by atoms with Crippen molar-refractivity contribution in [1.82, 2.24) is 4.90 Å². The van der Waals surface area contributed by atoms with Crippen LogP contribution in [0.4, 0.5) is 0 Å². The molecule has 13 heavy (non-hydrogen) atoms. The fourth-order valence-corrected chi connectivity index (χ4v) is 2.34. The minimum atomic E-state index is 0.293. The zero-order valence-electron chi connectivity index (χ0n) is 9.16. The molecule has 2 unspecified atom stereocenters. The van der Waals surface area contributed by atoms with E-state index in [4.69, 9.17) is 5.11 Å². The second-order valence-electron chi connectivity index (χ2n) is 4.74. The van der Waals surface area contributed by atoms with Gasteiger partial charge in [-0.2, -0.15) is 0 Å². The molecule has 0 aromatic rings. The van der Waals surface area contributed by atoms with Crippen LogP contribution in [-0.4, -0.2) is 36.2 Å². The van der Waals surface area contributed by atoms with E-state index in [0.717, 1.165) is 24.4 Å². The molecule has 0 aromatic carbocycles. The second kappa shape index (κ2) is 4.97. The molecule has 2 nitrogen and oxygen atoms in total. The fourth-order valence-electron chi connectivity index (χ4n) is 2.34. The molecule has 0 aliphatic heterocycles. The summed E-state index contributed by atoms with van der Waals surface area (Å²) in [6, 6.07) is 0.745. The lowest BCUT2D eigenvalue weighted by Gasteiger charge is -2.43. The van der Waals surface area contributed by atoms with E-state index in [0.29, 0.717) is 6.61 Å². The molecule has 1 rings (SSSR count). The lowest BCUT2D eigenvalue weighted by molar-refractivity contribution is 0.0574. The van der Waals surface area contributed by atoms with Gasteiger partial charge in [0.15, 0.2) is 0 Å². The number of hydrogen-bond donors (Lipinski definition) is 1. The van der Waals surface area contributed by atoms with Gasteiger partial charge in [-0.1, -0.05) is 13.8 Å². The van der Waals surface area contributed by atoms with E-state index in [1.54, 1.807) is 0 Å². The molecule has 1 aliphatic carbocycles. The smallest absolute Gasteiger partial charge is 0.0558 e. The summed E-state index contributed by atoms with van der Waals surface area (Å²) in [5.74, 6) is 1.70. The number of likely N-dealkylation sites (N-methyl/N-ethyl adjacent to an activating group) is 1. The van der Waals surface area contributed by atoms with Crippen molar-refractivity contribution < 1.29 is 5.11 Å². The summed E-state index contributed by atoms with van der Waals surface area (Å²) in [6.45, 7) is 5.71. The first kappa shape index (κ1) is 11.0. The maximum absolute atomic E-state index is 8.83. The zero-order chi connectivity index (χ0) is 9.84. The zero-order valence-corrected chi connectivity index (χ0v) is 9.16. The lowest BCUT2D eigenvalue weighted by atomic mass is 9.74. The second-order valence-corrected chi connectivity index (χ2v) is 4.74. The van der Waals surface area contributed by atoms with Crippen molar-refractivity contribution in [3.8, 4) is 0 Å². The highest BCUT2D eigenvalue weighted by molar-refractivity contribution is 4.87. The molecule has 1 saturated carbocycles. The van der Waals surface area contributed by atoms with Crippen LogP contribution in [0, 0.1) is 11.8 Å². The largest absolute Gasteiger partial charge is 0.395 e. The van der Waals surface area contributed by atoms with E-state index in [1.165, 1.54) is 19.3 Å². The molecule has 78 valence electrons. The average Bonchev–Trinajstić information content (AvgIpc) is 1.98. The van der Waals surface area contributed by atoms with Gasteiger partial charge in [0.1, 0.15) is 0 Å². The third kappa shape index (κ3) is 2.96. The summed E-state index contributed by atoms with van der Waals surface area (Å²) < 4.78 is 0. The molecule has 1 fully saturated rings. The maximum atomic E-state index is 8.83. The molecular weight excluding hydrogens is 162 g/mol. The number of aliphatic hydroxyl groups excluding tert-OH is 1. The molecule has 0 bridgehead atoms. The minimum Gasteiger partial charge on any atom is -0.395 e. The summed E-state index contributed by atoms with van der Waals surface area (Å²) in [5, 5.41) is 8.83. The van der Waals surface area contributed by atoms with Crippen LogP contribution in [0.2, 0.25) is 0 Å². The predicted octanol–water partition coefficient (Wildman–Crippen LogP) is 1.74. The first-order valence-electron chi connectivity index (χ1n) is 5.46. The Morgan fingerprint density at radius 2 is 2.08 bits per heavy atom. The van der Waals surface area contributed by atoms with E-state index >= 15 is 0 Å². The first-order chi connectivity index (χ1) is 6.15. The molecular formula is C11H23NO. The summed E-state index contributed by atoms with van der Waals surface area (Å²) in [6.07, 6.45) is 4.06. The van der Waals surface area contributed by atoms with E-state index in [2.05, 4.69) is 25.8 Å². The van der Waals surface area contributed by atoms with Gasteiger partial charge in [-0.15, -0.1) is 0 Å². The molecule has 0 radical (unpaired) electrons. The molecule has 0 heterocycles. The summed E-state index contributed by atoms with van der Waals surface area (Å²) in [5.41, 5.74) is 0. The van der Waals surface area contributed by atoms with Crippen LogP contribution in [-0.2, 0) is 0 Å². The molecule has 0 amide bonds. The van der Waals surface area contributed by atoms with Gasteiger partial charge in [0.2, 0.25) is 0 Å². The summed E-state index contributed by atoms with van der Waals surface area (Å²) in [7, 11) is 2.13. The van der Waals surface area contributed by atoms with Gasteiger partial charge in [-0.25, -0.2) is 0 Å². The topological polar surface area (TPSA) is 23.5 Å². The average molecular weight is 185 g/mol. The highest BCUT2D eigenvalue weighted by Crippen LogP contribution is 2.35. The number of rotatable bonds is 5. The molecule has 0 aromatic heterocycles.